The van der Waals surface area contributed by atoms with Gasteiger partial charge in [-0.05, 0) is 19.0 Å². The van der Waals surface area contributed by atoms with Crippen LogP contribution in [0.2, 0.25) is 0 Å². The molecule has 1 aliphatic rings. The molecule has 13 heavy (non-hydrogen) atoms. The monoisotopic (exact) mass is 174 g/mol. The van der Waals surface area contributed by atoms with Gasteiger partial charge in [0.25, 0.3) is 0 Å². The van der Waals surface area contributed by atoms with Gasteiger partial charge in [-0.3, -0.25) is 0 Å². The number of nitrogens with zero attached hydrogens (tertiary/aromatic N) is 1. The Labute approximate surface area is 76.6 Å². The van der Waals surface area contributed by atoms with Crippen molar-refractivity contribution in [3.63, 3.8) is 0 Å². The first-order valence-electron chi connectivity index (χ1n) is 4.28. The molecule has 1 atom stereocenters. The average Bonchev–Trinajstić information content (AvgIpc) is 2.05. The Kier molecular flexibility index (Phi) is 1.91. The van der Waals surface area contributed by atoms with E-state index in [2.05, 4.69) is 5.32 Å². The molecule has 3 heteroatoms. The van der Waals surface area contributed by atoms with Crippen molar-refractivity contribution in [1.29, 1.82) is 5.26 Å². The summed E-state index contributed by atoms with van der Waals surface area (Å²) in [5.74, 6) is 0.127. The highest BCUT2D eigenvalue weighted by molar-refractivity contribution is 5.49. The van der Waals surface area contributed by atoms with Crippen molar-refractivity contribution in [1.82, 2.24) is 5.32 Å². The van der Waals surface area contributed by atoms with Gasteiger partial charge in [-0.15, -0.1) is 0 Å². The number of rotatable bonds is 1. The molecule has 3 nitrogen and oxygen atoms in total. The number of para-hydroxylation sites is 1. The molecule has 0 aliphatic carbocycles. The van der Waals surface area contributed by atoms with Crippen molar-refractivity contribution >= 4 is 0 Å². The Morgan fingerprint density at radius 2 is 2.31 bits per heavy atom. The zero-order valence-corrected chi connectivity index (χ0v) is 7.12. The van der Waals surface area contributed by atoms with Crippen LogP contribution in [-0.4, -0.2) is 11.7 Å². The molecule has 0 amide bonds. The van der Waals surface area contributed by atoms with E-state index < -0.39 is 0 Å². The molecule has 1 saturated heterocycles. The van der Waals surface area contributed by atoms with Gasteiger partial charge in [0.1, 0.15) is 11.8 Å². The van der Waals surface area contributed by atoms with E-state index in [9.17, 15) is 5.11 Å². The first kappa shape index (κ1) is 8.09. The maximum Gasteiger partial charge on any atom is 0.138 e. The highest BCUT2D eigenvalue weighted by atomic mass is 16.3. The van der Waals surface area contributed by atoms with Crippen LogP contribution in [0.4, 0.5) is 0 Å². The van der Waals surface area contributed by atoms with Crippen molar-refractivity contribution in [2.24, 2.45) is 0 Å². The molecule has 2 rings (SSSR count). The summed E-state index contributed by atoms with van der Waals surface area (Å²) in [5.41, 5.74) is 1.19. The fraction of sp³-hybridized carbons (Fsp3) is 0.300. The zero-order valence-electron chi connectivity index (χ0n) is 7.12. The molecule has 0 saturated carbocycles. The van der Waals surface area contributed by atoms with Crippen LogP contribution < -0.4 is 5.32 Å². The quantitative estimate of drug-likeness (QED) is 0.674. The molecule has 1 heterocycles. The lowest BCUT2D eigenvalue weighted by Crippen LogP contribution is -2.34. The molecule has 1 aromatic rings. The second-order valence-electron chi connectivity index (χ2n) is 3.15. The fourth-order valence-electron chi connectivity index (χ4n) is 1.49. The van der Waals surface area contributed by atoms with Crippen LogP contribution in [0.1, 0.15) is 23.6 Å². The van der Waals surface area contributed by atoms with E-state index in [-0.39, 0.29) is 11.8 Å². The topological polar surface area (TPSA) is 56.0 Å². The summed E-state index contributed by atoms with van der Waals surface area (Å²) in [4.78, 5) is 0. The fourth-order valence-corrected chi connectivity index (χ4v) is 1.49. The molecule has 66 valence electrons. The van der Waals surface area contributed by atoms with E-state index in [1.165, 1.54) is 0 Å². The molecule has 1 aliphatic heterocycles. The number of aromatic hydroxyl groups is 1. The van der Waals surface area contributed by atoms with Crippen LogP contribution in [0.3, 0.4) is 0 Å². The number of hydrogen-bond acceptors (Lipinski definition) is 3. The van der Waals surface area contributed by atoms with Crippen molar-refractivity contribution in [3.8, 4) is 11.8 Å². The van der Waals surface area contributed by atoms with E-state index in [0.717, 1.165) is 18.5 Å². The minimum atomic E-state index is 0.127. The van der Waals surface area contributed by atoms with Crippen molar-refractivity contribution in [2.75, 3.05) is 6.54 Å². The molecule has 0 unspecified atom stereocenters. The molecule has 1 aromatic carbocycles. The van der Waals surface area contributed by atoms with Crippen LogP contribution in [0.5, 0.6) is 5.75 Å². The van der Waals surface area contributed by atoms with Gasteiger partial charge < -0.3 is 10.4 Å². The lowest BCUT2D eigenvalue weighted by Gasteiger charge is -2.28. The lowest BCUT2D eigenvalue weighted by atomic mass is 9.95. The largest absolute Gasteiger partial charge is 0.506 e. The molecular weight excluding hydrogens is 164 g/mol. The van der Waals surface area contributed by atoms with Crippen LogP contribution in [-0.2, 0) is 0 Å². The van der Waals surface area contributed by atoms with Crippen molar-refractivity contribution in [3.05, 3.63) is 29.3 Å². The summed E-state index contributed by atoms with van der Waals surface area (Å²) < 4.78 is 0. The minimum absolute atomic E-state index is 0.127. The van der Waals surface area contributed by atoms with E-state index >= 15 is 0 Å². The summed E-state index contributed by atoms with van der Waals surface area (Å²) in [6, 6.07) is 7.47. The highest BCUT2D eigenvalue weighted by Crippen LogP contribution is 2.32. The maximum atomic E-state index is 9.66. The van der Waals surface area contributed by atoms with E-state index in [0.29, 0.717) is 5.56 Å². The van der Waals surface area contributed by atoms with Gasteiger partial charge >= 0.3 is 0 Å². The molecular formula is C10H10N2O. The van der Waals surface area contributed by atoms with Crippen LogP contribution in [0.25, 0.3) is 0 Å². The first-order valence-corrected chi connectivity index (χ1v) is 4.28. The smallest absolute Gasteiger partial charge is 0.138 e. The van der Waals surface area contributed by atoms with Gasteiger partial charge in [0, 0.05) is 11.6 Å². The Morgan fingerprint density at radius 3 is 2.85 bits per heavy atom. The normalized spacial score (nSPS) is 20.4. The Balaban J connectivity index is 2.40. The third-order valence-electron chi connectivity index (χ3n) is 2.39. The first-order chi connectivity index (χ1) is 6.33. The van der Waals surface area contributed by atoms with E-state index in [1.807, 2.05) is 12.1 Å². The van der Waals surface area contributed by atoms with Crippen LogP contribution in [0.15, 0.2) is 18.2 Å². The zero-order chi connectivity index (χ0) is 9.26. The standard InChI is InChI=1S/C10H10N2O/c11-6-7-2-1-3-8(10(7)13)9-4-5-12-9/h1-3,9,12-13H,4-5H2/t9-/m1/s1. The van der Waals surface area contributed by atoms with Crippen LogP contribution >= 0.6 is 0 Å². The summed E-state index contributed by atoms with van der Waals surface area (Å²) in [6.07, 6.45) is 1.03. The molecule has 0 bridgehead atoms. The Morgan fingerprint density at radius 1 is 1.54 bits per heavy atom. The Hall–Kier alpha value is -1.53. The predicted octanol–water partition coefficient (Wildman–Crippen LogP) is 1.30. The van der Waals surface area contributed by atoms with E-state index in [1.54, 1.807) is 12.1 Å². The Bertz CT molecular complexity index is 364. The maximum absolute atomic E-state index is 9.66. The van der Waals surface area contributed by atoms with Gasteiger partial charge in [-0.25, -0.2) is 0 Å². The van der Waals surface area contributed by atoms with Gasteiger partial charge in [-0.1, -0.05) is 12.1 Å². The summed E-state index contributed by atoms with van der Waals surface area (Å²) >= 11 is 0. The SMILES string of the molecule is N#Cc1cccc([C@H]2CCN2)c1O. The highest BCUT2D eigenvalue weighted by Gasteiger charge is 2.22. The second kappa shape index (κ2) is 3.08. The number of benzene rings is 1. The molecule has 0 spiro atoms. The second-order valence-corrected chi connectivity index (χ2v) is 3.15. The third-order valence-corrected chi connectivity index (χ3v) is 2.39. The molecule has 0 radical (unpaired) electrons. The van der Waals surface area contributed by atoms with E-state index in [4.69, 9.17) is 5.26 Å². The number of phenols is 1. The van der Waals surface area contributed by atoms with Crippen LogP contribution in [0, 0.1) is 11.3 Å². The molecule has 2 N–H and O–H groups in total. The van der Waals surface area contributed by atoms with Crippen molar-refractivity contribution < 1.29 is 5.11 Å². The van der Waals surface area contributed by atoms with Gasteiger partial charge in [0.05, 0.1) is 5.56 Å². The number of phenolic OH excluding ortho intramolecular Hbond substituents is 1. The third kappa shape index (κ3) is 1.25. The summed E-state index contributed by atoms with van der Waals surface area (Å²) in [5, 5.41) is 21.5. The summed E-state index contributed by atoms with van der Waals surface area (Å²) in [7, 11) is 0. The number of hydrogen-bond donors (Lipinski definition) is 2. The number of nitriles is 1. The number of nitrogens with one attached hydrogen (secondary N) is 1. The van der Waals surface area contributed by atoms with Crippen molar-refractivity contribution in [2.45, 2.75) is 12.5 Å². The molecule has 0 aromatic heterocycles. The van der Waals surface area contributed by atoms with Gasteiger partial charge in [-0.2, -0.15) is 5.26 Å². The van der Waals surface area contributed by atoms with Gasteiger partial charge in [0.15, 0.2) is 0 Å². The lowest BCUT2D eigenvalue weighted by molar-refractivity contribution is 0.364. The molecule has 1 fully saturated rings. The summed E-state index contributed by atoms with van der Waals surface area (Å²) in [6.45, 7) is 0.987. The average molecular weight is 174 g/mol. The van der Waals surface area contributed by atoms with Gasteiger partial charge in [0.2, 0.25) is 0 Å². The minimum Gasteiger partial charge on any atom is -0.506 e. The predicted molar refractivity (Wildman–Crippen MR) is 48.2 cm³/mol.